The number of carbonyl (C=O) groups excluding carboxylic acids is 1. The van der Waals surface area contributed by atoms with Gasteiger partial charge in [0.15, 0.2) is 11.7 Å². The maximum Gasteiger partial charge on any atom is 0.523 e. The Morgan fingerprint density at radius 2 is 1.79 bits per heavy atom. The Balaban J connectivity index is 1.07. The largest absolute Gasteiger partial charge is 0.523 e. The third-order valence-corrected chi connectivity index (χ3v) is 7.25. The van der Waals surface area contributed by atoms with Gasteiger partial charge >= 0.3 is 6.36 Å². The molecule has 8 nitrogen and oxygen atoms in total. The quantitative estimate of drug-likeness (QED) is 0.701. The van der Waals surface area contributed by atoms with Crippen LogP contribution in [0.15, 0.2) is 39.9 Å². The van der Waals surface area contributed by atoms with Crippen molar-refractivity contribution in [3.63, 3.8) is 0 Å². The predicted molar refractivity (Wildman–Crippen MR) is 106 cm³/mol. The van der Waals surface area contributed by atoms with Crippen LogP contribution in [0.25, 0.3) is 0 Å². The minimum absolute atomic E-state index is 0.117. The molecule has 4 saturated carbocycles. The van der Waals surface area contributed by atoms with Crippen LogP contribution in [0, 0.1) is 0 Å². The van der Waals surface area contributed by atoms with Crippen LogP contribution in [0.2, 0.25) is 0 Å². The van der Waals surface area contributed by atoms with Crippen LogP contribution in [-0.2, 0) is 25.4 Å². The molecule has 174 valence electrons. The fourth-order valence-electron chi connectivity index (χ4n) is 5.52. The summed E-state index contributed by atoms with van der Waals surface area (Å²) in [5.41, 5.74) is -1.05. The Labute approximate surface area is 186 Å². The second-order valence-electron chi connectivity index (χ2n) is 9.60. The monoisotopic (exact) mass is 462 g/mol. The number of hydrogen-bond donors (Lipinski definition) is 1. The van der Waals surface area contributed by atoms with Crippen molar-refractivity contribution in [1.29, 1.82) is 0 Å². The number of aromatic nitrogens is 2. The summed E-state index contributed by atoms with van der Waals surface area (Å²) in [6.07, 6.45) is -1.89. The molecule has 4 fully saturated rings. The van der Waals surface area contributed by atoms with Gasteiger partial charge in [0.2, 0.25) is 11.8 Å². The zero-order valence-corrected chi connectivity index (χ0v) is 17.5. The highest BCUT2D eigenvalue weighted by molar-refractivity contribution is 6.39. The molecule has 2 bridgehead atoms. The van der Waals surface area contributed by atoms with E-state index in [1.165, 1.54) is 0 Å². The third-order valence-electron chi connectivity index (χ3n) is 7.25. The van der Waals surface area contributed by atoms with Crippen molar-refractivity contribution in [2.45, 2.75) is 74.0 Å². The molecule has 1 atom stereocenters. The highest BCUT2D eigenvalue weighted by Crippen LogP contribution is 2.67. The first-order chi connectivity index (χ1) is 15.7. The first-order valence-electron chi connectivity index (χ1n) is 10.9. The summed E-state index contributed by atoms with van der Waals surface area (Å²) in [5, 5.41) is 14.9. The molecule has 4 aliphatic carbocycles. The molecule has 0 spiro atoms. The van der Waals surface area contributed by atoms with Crippen molar-refractivity contribution >= 4 is 11.6 Å². The summed E-state index contributed by atoms with van der Waals surface area (Å²) in [5.74, 6) is -0.0652. The highest BCUT2D eigenvalue weighted by Gasteiger charge is 2.72. The predicted octanol–water partition coefficient (Wildman–Crippen LogP) is 3.79. The van der Waals surface area contributed by atoms with Gasteiger partial charge in [0.25, 0.3) is 5.91 Å². The molecule has 0 radical (unpaired) electrons. The number of amides is 1. The number of alkyl halides is 3. The first-order valence-corrected chi connectivity index (χ1v) is 10.9. The summed E-state index contributed by atoms with van der Waals surface area (Å²) in [6.45, 7) is 0. The number of carbonyl (C=O) groups is 1. The molecule has 2 heterocycles. The van der Waals surface area contributed by atoms with Gasteiger partial charge in [-0.15, -0.1) is 23.4 Å². The van der Waals surface area contributed by atoms with Crippen LogP contribution in [0.3, 0.4) is 0 Å². The summed E-state index contributed by atoms with van der Waals surface area (Å²) < 4.78 is 48.5. The number of ether oxygens (including phenoxy) is 1. The van der Waals surface area contributed by atoms with Crippen molar-refractivity contribution in [3.05, 3.63) is 47.7 Å². The number of nitrogens with one attached hydrogen (secondary N) is 1. The number of benzene rings is 1. The lowest BCUT2D eigenvalue weighted by atomic mass is 9.39. The number of halogens is 3. The number of oxime groups is 1. The summed E-state index contributed by atoms with van der Waals surface area (Å²) in [4.78, 5) is 18.1. The van der Waals surface area contributed by atoms with Gasteiger partial charge in [-0.05, 0) is 44.1 Å². The van der Waals surface area contributed by atoms with E-state index in [0.717, 1.165) is 5.56 Å². The minimum Gasteiger partial charge on any atom is -0.421 e. The summed E-state index contributed by atoms with van der Waals surface area (Å²) >= 11 is 0. The van der Waals surface area contributed by atoms with Crippen molar-refractivity contribution < 1.29 is 32.0 Å². The number of rotatable bonds is 6. The van der Waals surface area contributed by atoms with E-state index in [-0.39, 0.29) is 36.3 Å². The standard InChI is InChI=1S/C22H21F3N4O4/c23-22(24,25)33-21(7-4-8-21)18-28-27-17(31-18)19-10-20(11-19,12-19)26-16(30)14-9-15(32-29-14)13-5-2-1-3-6-13/h1-3,5-6,15H,4,7-12H2,(H,26,30)/t15-,19?,20?/m1/s1. The number of nitrogens with zero attached hydrogens (tertiary/aromatic N) is 3. The van der Waals surface area contributed by atoms with E-state index < -0.39 is 17.4 Å². The van der Waals surface area contributed by atoms with E-state index >= 15 is 0 Å². The van der Waals surface area contributed by atoms with E-state index in [1.54, 1.807) is 0 Å². The molecule has 2 aromatic rings. The van der Waals surface area contributed by atoms with Crippen LogP contribution < -0.4 is 5.32 Å². The molecule has 1 aromatic carbocycles. The highest BCUT2D eigenvalue weighted by atomic mass is 19.4. The van der Waals surface area contributed by atoms with Crippen molar-refractivity contribution in [1.82, 2.24) is 15.5 Å². The van der Waals surface area contributed by atoms with Crippen molar-refractivity contribution in [2.75, 3.05) is 0 Å². The van der Waals surface area contributed by atoms with Crippen LogP contribution in [0.5, 0.6) is 0 Å². The molecular formula is C22H21F3N4O4. The summed E-state index contributed by atoms with van der Waals surface area (Å²) in [6, 6.07) is 9.58. The lowest BCUT2D eigenvalue weighted by Gasteiger charge is -2.68. The molecule has 0 saturated heterocycles. The molecule has 7 rings (SSSR count). The van der Waals surface area contributed by atoms with Gasteiger partial charge in [0, 0.05) is 12.0 Å². The maximum atomic E-state index is 12.8. The lowest BCUT2D eigenvalue weighted by molar-refractivity contribution is -0.387. The second-order valence-corrected chi connectivity index (χ2v) is 9.60. The molecule has 1 aliphatic heterocycles. The Hall–Kier alpha value is -2.95. The topological polar surface area (TPSA) is 98.8 Å². The molecule has 5 aliphatic rings. The van der Waals surface area contributed by atoms with E-state index in [1.807, 2.05) is 30.3 Å². The molecule has 33 heavy (non-hydrogen) atoms. The molecular weight excluding hydrogens is 441 g/mol. The maximum absolute atomic E-state index is 12.8. The van der Waals surface area contributed by atoms with Crippen LogP contribution in [-0.4, -0.2) is 33.7 Å². The van der Waals surface area contributed by atoms with Crippen LogP contribution in [0.1, 0.15) is 68.4 Å². The van der Waals surface area contributed by atoms with Gasteiger partial charge in [0.1, 0.15) is 5.71 Å². The zero-order valence-electron chi connectivity index (χ0n) is 17.5. The first kappa shape index (κ1) is 20.6. The normalized spacial score (nSPS) is 31.5. The zero-order chi connectivity index (χ0) is 22.9. The van der Waals surface area contributed by atoms with E-state index in [9.17, 15) is 18.0 Å². The Morgan fingerprint density at radius 1 is 1.09 bits per heavy atom. The van der Waals surface area contributed by atoms with Crippen LogP contribution >= 0.6 is 0 Å². The Bertz CT molecular complexity index is 1110. The van der Waals surface area contributed by atoms with Gasteiger partial charge in [-0.1, -0.05) is 35.5 Å². The van der Waals surface area contributed by atoms with E-state index in [4.69, 9.17) is 9.25 Å². The smallest absolute Gasteiger partial charge is 0.421 e. The van der Waals surface area contributed by atoms with Gasteiger partial charge in [-0.25, -0.2) is 0 Å². The van der Waals surface area contributed by atoms with Gasteiger partial charge < -0.3 is 14.6 Å². The fraction of sp³-hybridized carbons (Fsp3) is 0.545. The second kappa shape index (κ2) is 6.78. The van der Waals surface area contributed by atoms with E-state index in [0.29, 0.717) is 43.7 Å². The average molecular weight is 462 g/mol. The van der Waals surface area contributed by atoms with Gasteiger partial charge in [0.05, 0.1) is 5.41 Å². The van der Waals surface area contributed by atoms with Crippen molar-refractivity contribution in [2.24, 2.45) is 5.16 Å². The fourth-order valence-corrected chi connectivity index (χ4v) is 5.52. The lowest BCUT2D eigenvalue weighted by Crippen LogP contribution is -2.77. The third kappa shape index (κ3) is 3.32. The van der Waals surface area contributed by atoms with Gasteiger partial charge in [-0.3, -0.25) is 9.53 Å². The molecule has 11 heteroatoms. The molecule has 0 unspecified atom stereocenters. The van der Waals surface area contributed by atoms with Crippen molar-refractivity contribution in [3.8, 4) is 0 Å². The van der Waals surface area contributed by atoms with Gasteiger partial charge in [-0.2, -0.15) is 0 Å². The summed E-state index contributed by atoms with van der Waals surface area (Å²) in [7, 11) is 0. The van der Waals surface area contributed by atoms with E-state index in [2.05, 4.69) is 25.4 Å². The SMILES string of the molecule is O=C(NC12CC(c3nnc(C4(OC(F)(F)F)CCC4)o3)(C1)C2)C1=NO[C@@H](c2ccccc2)C1. The number of hydrogen-bond acceptors (Lipinski definition) is 7. The van der Waals surface area contributed by atoms with Crippen LogP contribution in [0.4, 0.5) is 13.2 Å². The molecule has 1 aromatic heterocycles. The average Bonchev–Trinajstić information content (AvgIpc) is 3.36. The molecule has 1 N–H and O–H groups in total. The molecule has 1 amide bonds. The Morgan fingerprint density at radius 3 is 2.42 bits per heavy atom. The minimum atomic E-state index is -4.77. The Kier molecular flexibility index (Phi) is 4.24.